The summed E-state index contributed by atoms with van der Waals surface area (Å²) in [6.07, 6.45) is 14.0. The maximum atomic E-state index is 12.3. The summed E-state index contributed by atoms with van der Waals surface area (Å²) in [5, 5.41) is 0. The van der Waals surface area contributed by atoms with E-state index in [1.807, 2.05) is 19.9 Å². The molecule has 0 aliphatic heterocycles. The molecule has 1 rings (SSSR count). The van der Waals surface area contributed by atoms with Crippen molar-refractivity contribution in [2.45, 2.75) is 86.0 Å². The first-order chi connectivity index (χ1) is 13.3. The van der Waals surface area contributed by atoms with Crippen LogP contribution in [0.2, 0.25) is 0 Å². The Morgan fingerprint density at radius 1 is 0.964 bits per heavy atom. The molecule has 1 aromatic rings. The predicted octanol–water partition coefficient (Wildman–Crippen LogP) is 6.88. The molecule has 0 amide bonds. The largest absolute Gasteiger partial charge is 0.472 e. The molecule has 0 aliphatic rings. The van der Waals surface area contributed by atoms with E-state index < -0.39 is 0 Å². The molecule has 0 N–H and O–H groups in total. The van der Waals surface area contributed by atoms with E-state index in [-0.39, 0.29) is 0 Å². The van der Waals surface area contributed by atoms with E-state index in [9.17, 15) is 9.59 Å². The van der Waals surface area contributed by atoms with Gasteiger partial charge in [-0.05, 0) is 63.0 Å². The van der Waals surface area contributed by atoms with Crippen LogP contribution in [0.3, 0.4) is 0 Å². The highest BCUT2D eigenvalue weighted by molar-refractivity contribution is 5.81. The van der Waals surface area contributed by atoms with E-state index in [2.05, 4.69) is 32.9 Å². The van der Waals surface area contributed by atoms with E-state index in [1.165, 1.54) is 5.56 Å². The van der Waals surface area contributed by atoms with Crippen LogP contribution in [0.1, 0.15) is 85.1 Å². The molecule has 0 fully saturated rings. The highest BCUT2D eigenvalue weighted by Gasteiger charge is 2.10. The molecule has 1 heterocycles. The van der Waals surface area contributed by atoms with Gasteiger partial charge in [-0.3, -0.25) is 9.59 Å². The Balaban J connectivity index is 2.24. The van der Waals surface area contributed by atoms with Crippen molar-refractivity contribution in [1.82, 2.24) is 0 Å². The van der Waals surface area contributed by atoms with Crippen molar-refractivity contribution in [2.75, 3.05) is 0 Å². The molecule has 0 aromatic carbocycles. The Morgan fingerprint density at radius 3 is 2.14 bits per heavy atom. The SMILES string of the molecule is CC(=CCC[C@H](C)CC(=O)CC(C)=CCCc1ccoc1)CC(=O)CC(C)C. The summed E-state index contributed by atoms with van der Waals surface area (Å²) >= 11 is 0. The van der Waals surface area contributed by atoms with Gasteiger partial charge in [0.05, 0.1) is 12.5 Å². The van der Waals surface area contributed by atoms with E-state index in [4.69, 9.17) is 4.42 Å². The number of carbonyl (C=O) groups is 2. The van der Waals surface area contributed by atoms with E-state index in [0.29, 0.717) is 49.1 Å². The monoisotopic (exact) mass is 386 g/mol. The minimum atomic E-state index is 0.317. The van der Waals surface area contributed by atoms with Gasteiger partial charge >= 0.3 is 0 Å². The Kier molecular flexibility index (Phi) is 11.5. The second-order valence-corrected chi connectivity index (χ2v) is 8.69. The van der Waals surface area contributed by atoms with Gasteiger partial charge in [0.1, 0.15) is 11.6 Å². The molecule has 156 valence electrons. The maximum Gasteiger partial charge on any atom is 0.137 e. The fourth-order valence-electron chi connectivity index (χ4n) is 3.39. The lowest BCUT2D eigenvalue weighted by Gasteiger charge is -2.10. The normalized spacial score (nSPS) is 13.8. The summed E-state index contributed by atoms with van der Waals surface area (Å²) in [7, 11) is 0. The molecule has 1 atom stereocenters. The van der Waals surface area contributed by atoms with E-state index >= 15 is 0 Å². The summed E-state index contributed by atoms with van der Waals surface area (Å²) < 4.78 is 5.07. The van der Waals surface area contributed by atoms with Gasteiger partial charge in [-0.15, -0.1) is 0 Å². The van der Waals surface area contributed by atoms with Gasteiger partial charge in [0.2, 0.25) is 0 Å². The van der Waals surface area contributed by atoms with E-state index in [0.717, 1.165) is 36.8 Å². The molecule has 0 saturated heterocycles. The number of aryl methyl sites for hydroxylation is 1. The van der Waals surface area contributed by atoms with Crippen LogP contribution < -0.4 is 0 Å². The fraction of sp³-hybridized carbons (Fsp3) is 0.600. The first kappa shape index (κ1) is 24.1. The van der Waals surface area contributed by atoms with Crippen molar-refractivity contribution >= 4 is 11.6 Å². The Hall–Kier alpha value is -1.90. The highest BCUT2D eigenvalue weighted by atomic mass is 16.3. The number of ketones is 2. The first-order valence-corrected chi connectivity index (χ1v) is 10.6. The number of Topliss-reactive ketones (excluding diaryl/α,β-unsaturated/α-hetero) is 2. The number of hydrogen-bond acceptors (Lipinski definition) is 3. The average Bonchev–Trinajstić information content (AvgIpc) is 3.06. The van der Waals surface area contributed by atoms with Gasteiger partial charge < -0.3 is 4.42 Å². The molecule has 28 heavy (non-hydrogen) atoms. The van der Waals surface area contributed by atoms with Gasteiger partial charge in [0.15, 0.2) is 0 Å². The smallest absolute Gasteiger partial charge is 0.137 e. The number of furan rings is 1. The Labute approximate surface area is 171 Å². The maximum absolute atomic E-state index is 12.3. The molecule has 0 saturated carbocycles. The summed E-state index contributed by atoms with van der Waals surface area (Å²) in [5.74, 6) is 1.44. The number of allylic oxidation sites excluding steroid dienone is 4. The number of hydrogen-bond donors (Lipinski definition) is 0. The summed E-state index contributed by atoms with van der Waals surface area (Å²) in [6, 6.07) is 1.98. The van der Waals surface area contributed by atoms with Crippen LogP contribution in [0.4, 0.5) is 0 Å². The van der Waals surface area contributed by atoms with Crippen LogP contribution in [-0.2, 0) is 16.0 Å². The lowest BCUT2D eigenvalue weighted by atomic mass is 9.95. The second kappa shape index (κ2) is 13.3. The quantitative estimate of drug-likeness (QED) is 0.328. The van der Waals surface area contributed by atoms with Gasteiger partial charge in [-0.1, -0.05) is 44.1 Å². The zero-order valence-corrected chi connectivity index (χ0v) is 18.4. The zero-order valence-electron chi connectivity index (χ0n) is 18.4. The van der Waals surface area contributed by atoms with Crippen molar-refractivity contribution in [2.24, 2.45) is 11.8 Å². The fourth-order valence-corrected chi connectivity index (χ4v) is 3.39. The average molecular weight is 387 g/mol. The lowest BCUT2D eigenvalue weighted by Crippen LogP contribution is -2.06. The minimum Gasteiger partial charge on any atom is -0.472 e. The molecule has 0 spiro atoms. The van der Waals surface area contributed by atoms with Crippen molar-refractivity contribution in [3.05, 3.63) is 47.5 Å². The summed E-state index contributed by atoms with van der Waals surface area (Å²) in [5.41, 5.74) is 3.50. The molecular weight excluding hydrogens is 348 g/mol. The highest BCUT2D eigenvalue weighted by Crippen LogP contribution is 2.17. The summed E-state index contributed by atoms with van der Waals surface area (Å²) in [6.45, 7) is 10.4. The van der Waals surface area contributed by atoms with Crippen LogP contribution in [0.25, 0.3) is 0 Å². The predicted molar refractivity (Wildman–Crippen MR) is 116 cm³/mol. The Morgan fingerprint density at radius 2 is 1.57 bits per heavy atom. The summed E-state index contributed by atoms with van der Waals surface area (Å²) in [4.78, 5) is 24.1. The molecule has 3 nitrogen and oxygen atoms in total. The van der Waals surface area contributed by atoms with Gasteiger partial charge in [0.25, 0.3) is 0 Å². The lowest BCUT2D eigenvalue weighted by molar-refractivity contribution is -0.120. The third kappa shape index (κ3) is 11.7. The molecule has 0 aliphatic carbocycles. The Bertz CT molecular complexity index is 647. The number of carbonyl (C=O) groups excluding carboxylic acids is 2. The molecule has 0 radical (unpaired) electrons. The standard InChI is InChI=1S/C25H38O3/c1-19(2)14-24(26)15-20(3)8-6-9-21(4)16-25(27)17-22(5)10-7-11-23-12-13-28-18-23/h8,10,12-13,18-19,21H,6-7,9,11,14-17H2,1-5H3/t21-/m0/s1. The third-order valence-electron chi connectivity index (χ3n) is 4.82. The molecular formula is C25H38O3. The molecule has 0 bridgehead atoms. The zero-order chi connectivity index (χ0) is 20.9. The second-order valence-electron chi connectivity index (χ2n) is 8.69. The van der Waals surface area contributed by atoms with Gasteiger partial charge in [0, 0.05) is 25.7 Å². The van der Waals surface area contributed by atoms with Crippen LogP contribution in [0.5, 0.6) is 0 Å². The van der Waals surface area contributed by atoms with Gasteiger partial charge in [-0.25, -0.2) is 0 Å². The third-order valence-corrected chi connectivity index (χ3v) is 4.82. The van der Waals surface area contributed by atoms with Crippen molar-refractivity contribution in [1.29, 1.82) is 0 Å². The van der Waals surface area contributed by atoms with Crippen molar-refractivity contribution in [3.63, 3.8) is 0 Å². The van der Waals surface area contributed by atoms with E-state index in [1.54, 1.807) is 12.5 Å². The van der Waals surface area contributed by atoms with Crippen LogP contribution >= 0.6 is 0 Å². The topological polar surface area (TPSA) is 47.3 Å². The minimum absolute atomic E-state index is 0.317. The van der Waals surface area contributed by atoms with Crippen molar-refractivity contribution < 1.29 is 14.0 Å². The van der Waals surface area contributed by atoms with Crippen LogP contribution in [-0.4, -0.2) is 11.6 Å². The molecule has 3 heteroatoms. The van der Waals surface area contributed by atoms with Crippen molar-refractivity contribution in [3.8, 4) is 0 Å². The van der Waals surface area contributed by atoms with Crippen LogP contribution in [0.15, 0.2) is 46.3 Å². The number of rotatable bonds is 14. The first-order valence-electron chi connectivity index (χ1n) is 10.6. The van der Waals surface area contributed by atoms with Gasteiger partial charge in [-0.2, -0.15) is 0 Å². The molecule has 0 unspecified atom stereocenters. The molecule has 1 aromatic heterocycles. The van der Waals surface area contributed by atoms with Crippen LogP contribution in [0, 0.1) is 11.8 Å².